The van der Waals surface area contributed by atoms with Crippen LogP contribution in [0.2, 0.25) is 0 Å². The van der Waals surface area contributed by atoms with Gasteiger partial charge in [-0.3, -0.25) is 4.79 Å². The number of rotatable bonds is 5. The summed E-state index contributed by atoms with van der Waals surface area (Å²) in [6.07, 6.45) is 2.50. The van der Waals surface area contributed by atoms with Gasteiger partial charge in [-0.05, 0) is 48.0 Å². The van der Waals surface area contributed by atoms with Crippen LogP contribution in [0, 0.1) is 0 Å². The summed E-state index contributed by atoms with van der Waals surface area (Å²) in [5.41, 5.74) is 0.554. The Morgan fingerprint density at radius 3 is 2.90 bits per heavy atom. The van der Waals surface area contributed by atoms with Crippen molar-refractivity contribution in [2.24, 2.45) is 0 Å². The van der Waals surface area contributed by atoms with Gasteiger partial charge in [0, 0.05) is 16.7 Å². The Balaban J connectivity index is 2.02. The Morgan fingerprint density at radius 2 is 2.30 bits per heavy atom. The standard InChI is InChI=1S/C14H17BrN2O3/c1-9(2)17-8-10(15)6-11(17)14(19)16-7-12(18)13-4-3-5-20-13/h3-6,8-9,12,18H,7H2,1-2H3,(H,16,19)/t12-/m0/s1. The SMILES string of the molecule is CC(C)n1cc(Br)cc1C(=O)NC[C@H](O)c1ccco1. The lowest BCUT2D eigenvalue weighted by atomic mass is 10.2. The van der Waals surface area contributed by atoms with Gasteiger partial charge in [-0.15, -0.1) is 0 Å². The Hall–Kier alpha value is -1.53. The number of halogens is 1. The summed E-state index contributed by atoms with van der Waals surface area (Å²) in [4.78, 5) is 12.2. The molecule has 6 heteroatoms. The zero-order valence-corrected chi connectivity index (χ0v) is 12.9. The third-order valence-corrected chi connectivity index (χ3v) is 3.37. The summed E-state index contributed by atoms with van der Waals surface area (Å²) >= 11 is 3.37. The number of aliphatic hydroxyl groups is 1. The van der Waals surface area contributed by atoms with Crippen LogP contribution in [-0.2, 0) is 0 Å². The van der Waals surface area contributed by atoms with E-state index < -0.39 is 6.10 Å². The minimum atomic E-state index is -0.847. The van der Waals surface area contributed by atoms with Crippen LogP contribution in [0.5, 0.6) is 0 Å². The Kier molecular flexibility index (Phi) is 4.67. The van der Waals surface area contributed by atoms with Crippen LogP contribution in [0.3, 0.4) is 0 Å². The summed E-state index contributed by atoms with van der Waals surface area (Å²) in [5, 5.41) is 12.6. The molecule has 2 aromatic heterocycles. The molecule has 2 aromatic rings. The molecule has 2 rings (SSSR count). The smallest absolute Gasteiger partial charge is 0.268 e. The highest BCUT2D eigenvalue weighted by molar-refractivity contribution is 9.10. The first-order valence-corrected chi connectivity index (χ1v) is 7.15. The topological polar surface area (TPSA) is 67.4 Å². The third kappa shape index (κ3) is 3.32. The van der Waals surface area contributed by atoms with Gasteiger partial charge in [-0.1, -0.05) is 0 Å². The summed E-state index contributed by atoms with van der Waals surface area (Å²) in [6.45, 7) is 4.11. The minimum Gasteiger partial charge on any atom is -0.467 e. The van der Waals surface area contributed by atoms with E-state index >= 15 is 0 Å². The molecule has 1 atom stereocenters. The Morgan fingerprint density at radius 1 is 1.55 bits per heavy atom. The molecule has 1 amide bonds. The molecule has 0 aliphatic rings. The predicted molar refractivity (Wildman–Crippen MR) is 78.5 cm³/mol. The van der Waals surface area contributed by atoms with Gasteiger partial charge >= 0.3 is 0 Å². The first-order valence-electron chi connectivity index (χ1n) is 6.36. The molecule has 0 unspecified atom stereocenters. The molecule has 2 heterocycles. The summed E-state index contributed by atoms with van der Waals surface area (Å²) < 4.78 is 7.81. The van der Waals surface area contributed by atoms with Crippen LogP contribution in [0.4, 0.5) is 0 Å². The molecule has 0 aliphatic heterocycles. The second-order valence-electron chi connectivity index (χ2n) is 4.79. The Labute approximate surface area is 125 Å². The number of nitrogens with zero attached hydrogens (tertiary/aromatic N) is 1. The molecule has 0 aromatic carbocycles. The molecule has 5 nitrogen and oxygen atoms in total. The number of hydrogen-bond donors (Lipinski definition) is 2. The molecule has 0 spiro atoms. The van der Waals surface area contributed by atoms with E-state index in [1.165, 1.54) is 6.26 Å². The fourth-order valence-electron chi connectivity index (χ4n) is 1.92. The van der Waals surface area contributed by atoms with Crippen molar-refractivity contribution in [1.29, 1.82) is 0 Å². The number of nitrogens with one attached hydrogen (secondary N) is 1. The van der Waals surface area contributed by atoms with Crippen molar-refractivity contribution in [1.82, 2.24) is 9.88 Å². The number of carbonyl (C=O) groups is 1. The van der Waals surface area contributed by atoms with Crippen LogP contribution in [0.1, 0.15) is 42.2 Å². The van der Waals surface area contributed by atoms with E-state index in [9.17, 15) is 9.90 Å². The average Bonchev–Trinajstić information content (AvgIpc) is 3.04. The molecule has 0 saturated carbocycles. The van der Waals surface area contributed by atoms with E-state index in [4.69, 9.17) is 4.42 Å². The highest BCUT2D eigenvalue weighted by Crippen LogP contribution is 2.19. The van der Waals surface area contributed by atoms with Crippen LogP contribution in [0.25, 0.3) is 0 Å². The maximum Gasteiger partial charge on any atom is 0.268 e. The van der Waals surface area contributed by atoms with Crippen molar-refractivity contribution in [3.8, 4) is 0 Å². The van der Waals surface area contributed by atoms with Gasteiger partial charge in [0.1, 0.15) is 17.6 Å². The van der Waals surface area contributed by atoms with Gasteiger partial charge in [0.25, 0.3) is 5.91 Å². The molecule has 0 bridgehead atoms. The number of furan rings is 1. The molecule has 0 fully saturated rings. The molecule has 0 radical (unpaired) electrons. The number of aromatic nitrogens is 1. The van der Waals surface area contributed by atoms with Crippen molar-refractivity contribution in [3.63, 3.8) is 0 Å². The van der Waals surface area contributed by atoms with Crippen molar-refractivity contribution >= 4 is 21.8 Å². The number of amides is 1. The lowest BCUT2D eigenvalue weighted by molar-refractivity contribution is 0.0890. The van der Waals surface area contributed by atoms with Crippen molar-refractivity contribution in [3.05, 3.63) is 46.6 Å². The molecule has 20 heavy (non-hydrogen) atoms. The van der Waals surface area contributed by atoms with E-state index in [1.54, 1.807) is 18.2 Å². The molecule has 0 saturated heterocycles. The molecule has 108 valence electrons. The van der Waals surface area contributed by atoms with Crippen LogP contribution in [-0.4, -0.2) is 22.1 Å². The number of aliphatic hydroxyl groups excluding tert-OH is 1. The lowest BCUT2D eigenvalue weighted by Gasteiger charge is -2.14. The largest absolute Gasteiger partial charge is 0.467 e. The average molecular weight is 341 g/mol. The normalized spacial score (nSPS) is 12.7. The fraction of sp³-hybridized carbons (Fsp3) is 0.357. The number of hydrogen-bond acceptors (Lipinski definition) is 3. The fourth-order valence-corrected chi connectivity index (χ4v) is 2.35. The monoisotopic (exact) mass is 340 g/mol. The van der Waals surface area contributed by atoms with E-state index in [1.807, 2.05) is 24.6 Å². The first-order chi connectivity index (χ1) is 9.49. The van der Waals surface area contributed by atoms with Gasteiger partial charge in [0.05, 0.1) is 12.8 Å². The maximum absolute atomic E-state index is 12.2. The molecular formula is C14H17BrN2O3. The number of carbonyl (C=O) groups excluding carboxylic acids is 1. The minimum absolute atomic E-state index is 0.104. The van der Waals surface area contributed by atoms with Crippen LogP contribution >= 0.6 is 15.9 Å². The van der Waals surface area contributed by atoms with E-state index in [0.717, 1.165) is 4.47 Å². The second-order valence-corrected chi connectivity index (χ2v) is 5.70. The van der Waals surface area contributed by atoms with Gasteiger partial charge in [0.2, 0.25) is 0 Å². The van der Waals surface area contributed by atoms with Gasteiger partial charge in [-0.25, -0.2) is 0 Å². The van der Waals surface area contributed by atoms with E-state index in [2.05, 4.69) is 21.2 Å². The quantitative estimate of drug-likeness (QED) is 0.879. The van der Waals surface area contributed by atoms with E-state index in [0.29, 0.717) is 11.5 Å². The van der Waals surface area contributed by atoms with Crippen LogP contribution in [0.15, 0.2) is 39.5 Å². The summed E-state index contributed by atoms with van der Waals surface area (Å²) in [7, 11) is 0. The summed E-state index contributed by atoms with van der Waals surface area (Å²) in [5.74, 6) is 0.209. The van der Waals surface area contributed by atoms with Gasteiger partial charge in [0.15, 0.2) is 0 Å². The van der Waals surface area contributed by atoms with E-state index in [-0.39, 0.29) is 18.5 Å². The zero-order valence-electron chi connectivity index (χ0n) is 11.3. The van der Waals surface area contributed by atoms with Crippen molar-refractivity contribution in [2.45, 2.75) is 26.0 Å². The Bertz CT molecular complexity index is 575. The second kappa shape index (κ2) is 6.28. The molecular weight excluding hydrogens is 324 g/mol. The highest BCUT2D eigenvalue weighted by atomic mass is 79.9. The highest BCUT2D eigenvalue weighted by Gasteiger charge is 2.17. The lowest BCUT2D eigenvalue weighted by Crippen LogP contribution is -2.30. The van der Waals surface area contributed by atoms with Crippen molar-refractivity contribution in [2.75, 3.05) is 6.54 Å². The maximum atomic E-state index is 12.2. The molecule has 0 aliphatic carbocycles. The van der Waals surface area contributed by atoms with Gasteiger partial charge < -0.3 is 19.4 Å². The molecule has 2 N–H and O–H groups in total. The third-order valence-electron chi connectivity index (χ3n) is 2.93. The zero-order chi connectivity index (χ0) is 14.7. The first kappa shape index (κ1) is 14.9. The summed E-state index contributed by atoms with van der Waals surface area (Å²) in [6, 6.07) is 5.30. The van der Waals surface area contributed by atoms with Gasteiger partial charge in [-0.2, -0.15) is 0 Å². The predicted octanol–water partition coefficient (Wildman–Crippen LogP) is 2.89. The van der Waals surface area contributed by atoms with Crippen LogP contribution < -0.4 is 5.32 Å². The van der Waals surface area contributed by atoms with Crippen molar-refractivity contribution < 1.29 is 14.3 Å².